The highest BCUT2D eigenvalue weighted by Crippen LogP contribution is 2.22. The number of sulfone groups is 1. The van der Waals surface area contributed by atoms with Crippen LogP contribution in [0, 0.1) is 0 Å². The van der Waals surface area contributed by atoms with Crippen LogP contribution in [-0.4, -0.2) is 13.4 Å². The van der Waals surface area contributed by atoms with Crippen LogP contribution in [0.5, 0.6) is 0 Å². The van der Waals surface area contributed by atoms with Gasteiger partial charge in [-0.05, 0) is 23.6 Å². The van der Waals surface area contributed by atoms with Crippen LogP contribution in [-0.2, 0) is 15.6 Å². The van der Waals surface area contributed by atoms with Crippen molar-refractivity contribution in [3.8, 4) is 0 Å². The monoisotopic (exact) mass is 223 g/mol. The molecule has 1 aliphatic rings. The summed E-state index contributed by atoms with van der Waals surface area (Å²) in [7, 11) is -3.05. The van der Waals surface area contributed by atoms with Crippen LogP contribution >= 0.6 is 0 Å². The summed E-state index contributed by atoms with van der Waals surface area (Å²) in [6.07, 6.45) is 1.58. The largest absolute Gasteiger partial charge is 0.253 e. The molecule has 3 nitrogen and oxygen atoms in total. The first-order chi connectivity index (χ1) is 6.98. The van der Waals surface area contributed by atoms with Gasteiger partial charge < -0.3 is 0 Å². The van der Waals surface area contributed by atoms with Crippen molar-refractivity contribution in [2.75, 3.05) is 0 Å². The third-order valence-electron chi connectivity index (χ3n) is 2.42. The molecule has 2 heterocycles. The van der Waals surface area contributed by atoms with Crippen molar-refractivity contribution >= 4 is 15.9 Å². The van der Waals surface area contributed by atoms with E-state index in [-0.39, 0.29) is 5.75 Å². The van der Waals surface area contributed by atoms with Gasteiger partial charge in [-0.1, -0.05) is 19.9 Å². The Morgan fingerprint density at radius 1 is 1.33 bits per heavy atom. The number of nitrogens with zero attached hydrogens (tertiary/aromatic N) is 1. The summed E-state index contributed by atoms with van der Waals surface area (Å²) in [6, 6.07) is 3.76. The van der Waals surface area contributed by atoms with Crippen molar-refractivity contribution in [3.05, 3.63) is 34.5 Å². The second-order valence-corrected chi connectivity index (χ2v) is 5.93. The molecule has 0 unspecified atom stereocenters. The van der Waals surface area contributed by atoms with E-state index in [1.54, 1.807) is 6.08 Å². The van der Waals surface area contributed by atoms with Gasteiger partial charge in [-0.15, -0.1) is 0 Å². The van der Waals surface area contributed by atoms with Gasteiger partial charge in [0.2, 0.25) is 0 Å². The number of pyridine rings is 1. The zero-order valence-electron chi connectivity index (χ0n) is 8.77. The highest BCUT2D eigenvalue weighted by molar-refractivity contribution is 7.93. The number of hydrogen-bond donors (Lipinski definition) is 0. The molecule has 0 fully saturated rings. The van der Waals surface area contributed by atoms with E-state index in [0.717, 1.165) is 17.0 Å². The molecule has 1 aliphatic heterocycles. The summed E-state index contributed by atoms with van der Waals surface area (Å²) >= 11 is 0. The number of fused-ring (bicyclic) bond motifs is 1. The fourth-order valence-electron chi connectivity index (χ4n) is 1.54. The molecule has 0 saturated carbocycles. The third kappa shape index (κ3) is 2.09. The maximum atomic E-state index is 11.3. The van der Waals surface area contributed by atoms with Crippen LogP contribution in [0.1, 0.15) is 36.7 Å². The average Bonchev–Trinajstić information content (AvgIpc) is 2.15. The maximum Gasteiger partial charge on any atom is 0.175 e. The lowest BCUT2D eigenvalue weighted by molar-refractivity contribution is 0.603. The van der Waals surface area contributed by atoms with Crippen molar-refractivity contribution < 1.29 is 8.42 Å². The van der Waals surface area contributed by atoms with Gasteiger partial charge in [0.15, 0.2) is 9.84 Å². The highest BCUT2D eigenvalue weighted by Gasteiger charge is 2.17. The van der Waals surface area contributed by atoms with E-state index in [4.69, 9.17) is 0 Å². The molecule has 0 aliphatic carbocycles. The smallest absolute Gasteiger partial charge is 0.175 e. The molecule has 80 valence electrons. The Kier molecular flexibility index (Phi) is 2.38. The van der Waals surface area contributed by atoms with Crippen molar-refractivity contribution in [1.82, 2.24) is 4.98 Å². The van der Waals surface area contributed by atoms with Gasteiger partial charge in [-0.2, -0.15) is 0 Å². The molecule has 0 N–H and O–H groups in total. The molecule has 0 spiro atoms. The molecule has 1 aromatic heterocycles. The van der Waals surface area contributed by atoms with Gasteiger partial charge in [-0.3, -0.25) is 4.98 Å². The molecular weight excluding hydrogens is 210 g/mol. The minimum Gasteiger partial charge on any atom is -0.253 e. The Labute approximate surface area is 89.8 Å². The van der Waals surface area contributed by atoms with Crippen LogP contribution in [0.25, 0.3) is 6.08 Å². The summed E-state index contributed by atoms with van der Waals surface area (Å²) in [5, 5.41) is 1.24. The highest BCUT2D eigenvalue weighted by atomic mass is 32.2. The summed E-state index contributed by atoms with van der Waals surface area (Å²) in [6.45, 7) is 4.13. The lowest BCUT2D eigenvalue weighted by Crippen LogP contribution is -2.08. The Hall–Kier alpha value is -1.16. The summed E-state index contributed by atoms with van der Waals surface area (Å²) in [5.41, 5.74) is 2.58. The zero-order valence-corrected chi connectivity index (χ0v) is 9.58. The van der Waals surface area contributed by atoms with Gasteiger partial charge in [0.1, 0.15) is 0 Å². The van der Waals surface area contributed by atoms with Crippen LogP contribution < -0.4 is 0 Å². The number of hydrogen-bond acceptors (Lipinski definition) is 3. The molecule has 0 saturated heterocycles. The lowest BCUT2D eigenvalue weighted by Gasteiger charge is -2.12. The van der Waals surface area contributed by atoms with Crippen LogP contribution in [0.15, 0.2) is 17.5 Å². The molecule has 1 aromatic rings. The van der Waals surface area contributed by atoms with Gasteiger partial charge in [0.25, 0.3) is 0 Å². The molecule has 2 rings (SSSR count). The topological polar surface area (TPSA) is 47.0 Å². The van der Waals surface area contributed by atoms with Crippen LogP contribution in [0.3, 0.4) is 0 Å². The maximum absolute atomic E-state index is 11.3. The fraction of sp³-hybridized carbons (Fsp3) is 0.364. The Balaban J connectivity index is 2.49. The molecule has 0 radical (unpaired) electrons. The first kappa shape index (κ1) is 10.4. The summed E-state index contributed by atoms with van der Waals surface area (Å²) in [5.74, 6) is 0.437. The predicted octanol–water partition coefficient (Wildman–Crippen LogP) is 2.10. The molecule has 0 amide bonds. The van der Waals surface area contributed by atoms with Gasteiger partial charge >= 0.3 is 0 Å². The van der Waals surface area contributed by atoms with E-state index in [1.807, 2.05) is 12.1 Å². The van der Waals surface area contributed by atoms with E-state index >= 15 is 0 Å². The average molecular weight is 223 g/mol. The normalized spacial score (nSPS) is 17.8. The molecule has 0 aromatic carbocycles. The zero-order chi connectivity index (χ0) is 11.1. The van der Waals surface area contributed by atoms with Gasteiger partial charge in [0, 0.05) is 11.1 Å². The van der Waals surface area contributed by atoms with E-state index in [1.165, 1.54) is 5.41 Å². The van der Waals surface area contributed by atoms with Crippen molar-refractivity contribution in [2.24, 2.45) is 0 Å². The van der Waals surface area contributed by atoms with Gasteiger partial charge in [0.05, 0.1) is 11.4 Å². The Morgan fingerprint density at radius 2 is 2.07 bits per heavy atom. The Morgan fingerprint density at radius 3 is 2.73 bits per heavy atom. The fourth-order valence-corrected chi connectivity index (χ4v) is 2.65. The second-order valence-electron chi connectivity index (χ2n) is 4.05. The molecule has 15 heavy (non-hydrogen) atoms. The minimum atomic E-state index is -3.05. The molecule has 0 atom stereocenters. The van der Waals surface area contributed by atoms with E-state index < -0.39 is 9.84 Å². The van der Waals surface area contributed by atoms with Crippen molar-refractivity contribution in [3.63, 3.8) is 0 Å². The second kappa shape index (κ2) is 3.45. The first-order valence-electron chi connectivity index (χ1n) is 4.88. The van der Waals surface area contributed by atoms with Crippen molar-refractivity contribution in [1.29, 1.82) is 0 Å². The summed E-state index contributed by atoms with van der Waals surface area (Å²) in [4.78, 5) is 4.43. The molecule has 0 bridgehead atoms. The first-order valence-corrected chi connectivity index (χ1v) is 6.60. The predicted molar refractivity (Wildman–Crippen MR) is 60.0 cm³/mol. The SMILES string of the molecule is CC(C)c1ccc2c(n1)C=CS(=O)(=O)C2. The molecule has 4 heteroatoms. The standard InChI is InChI=1S/C11H13NO2S/c1-8(2)10-4-3-9-7-15(13,14)6-5-11(9)12-10/h3-6,8H,7H2,1-2H3. The summed E-state index contributed by atoms with van der Waals surface area (Å²) < 4.78 is 22.6. The third-order valence-corrected chi connectivity index (χ3v) is 3.68. The van der Waals surface area contributed by atoms with Crippen LogP contribution in [0.2, 0.25) is 0 Å². The molecular formula is C11H13NO2S. The Bertz CT molecular complexity index is 515. The number of aromatic nitrogens is 1. The van der Waals surface area contributed by atoms with Gasteiger partial charge in [-0.25, -0.2) is 8.42 Å². The van der Waals surface area contributed by atoms with E-state index in [2.05, 4.69) is 18.8 Å². The van der Waals surface area contributed by atoms with E-state index in [9.17, 15) is 8.42 Å². The van der Waals surface area contributed by atoms with Crippen LogP contribution in [0.4, 0.5) is 0 Å². The minimum absolute atomic E-state index is 0.0736. The van der Waals surface area contributed by atoms with E-state index in [0.29, 0.717) is 5.92 Å². The number of rotatable bonds is 1. The lowest BCUT2D eigenvalue weighted by atomic mass is 10.1. The quantitative estimate of drug-likeness (QED) is 0.732. The van der Waals surface area contributed by atoms with Crippen molar-refractivity contribution in [2.45, 2.75) is 25.5 Å².